The molecule has 22 heavy (non-hydrogen) atoms. The third-order valence-corrected chi connectivity index (χ3v) is 3.60. The molecule has 2 rings (SSSR count). The lowest BCUT2D eigenvalue weighted by Gasteiger charge is -2.11. The van der Waals surface area contributed by atoms with Crippen molar-refractivity contribution in [1.82, 2.24) is 0 Å². The van der Waals surface area contributed by atoms with Crippen LogP contribution in [0.25, 0.3) is 0 Å². The largest absolute Gasteiger partial charge is 0.490 e. The summed E-state index contributed by atoms with van der Waals surface area (Å²) in [5, 5.41) is 0. The second-order valence-electron chi connectivity index (χ2n) is 4.81. The van der Waals surface area contributed by atoms with Crippen LogP contribution in [0.3, 0.4) is 0 Å². The van der Waals surface area contributed by atoms with Crippen molar-refractivity contribution >= 4 is 15.9 Å². The van der Waals surface area contributed by atoms with Crippen molar-refractivity contribution < 1.29 is 18.3 Å². The fourth-order valence-electron chi connectivity index (χ4n) is 1.81. The van der Waals surface area contributed by atoms with E-state index in [1.165, 1.54) is 12.1 Å². The lowest BCUT2D eigenvalue weighted by molar-refractivity contribution is 0.267. The number of halogens is 3. The normalized spacial score (nSPS) is 10.5. The summed E-state index contributed by atoms with van der Waals surface area (Å²) >= 11 is 3.33. The minimum Gasteiger partial charge on any atom is -0.490 e. The fourth-order valence-corrected chi connectivity index (χ4v) is 2.07. The molecule has 2 nitrogen and oxygen atoms in total. The first kappa shape index (κ1) is 16.7. The van der Waals surface area contributed by atoms with Crippen LogP contribution in [0.5, 0.6) is 11.5 Å². The zero-order valence-corrected chi connectivity index (χ0v) is 13.8. The Bertz CT molecular complexity index is 615. The van der Waals surface area contributed by atoms with Crippen molar-refractivity contribution in [3.8, 4) is 11.5 Å². The van der Waals surface area contributed by atoms with Crippen LogP contribution in [-0.2, 0) is 6.61 Å². The number of hydrogen-bond donors (Lipinski definition) is 0. The second-order valence-corrected chi connectivity index (χ2v) is 5.72. The summed E-state index contributed by atoms with van der Waals surface area (Å²) in [5.41, 5.74) is 0.867. The van der Waals surface area contributed by atoms with E-state index in [-0.39, 0.29) is 18.1 Å². The summed E-state index contributed by atoms with van der Waals surface area (Å²) in [6.07, 6.45) is 1.72. The predicted octanol–water partition coefficient (Wildman–Crippen LogP) is 5.49. The SMILES string of the molecule is CCCCOc1ccc(OCc2ccc(Br)cc2)c(F)c1F. The molecule has 0 aromatic heterocycles. The first-order valence-corrected chi connectivity index (χ1v) is 7.89. The third-order valence-electron chi connectivity index (χ3n) is 3.07. The first-order valence-electron chi connectivity index (χ1n) is 7.10. The Labute approximate surface area is 137 Å². The topological polar surface area (TPSA) is 18.5 Å². The van der Waals surface area contributed by atoms with Gasteiger partial charge in [-0.05, 0) is 36.2 Å². The highest BCUT2D eigenvalue weighted by atomic mass is 79.9. The van der Waals surface area contributed by atoms with Gasteiger partial charge in [0, 0.05) is 4.47 Å². The van der Waals surface area contributed by atoms with Crippen molar-refractivity contribution in [2.45, 2.75) is 26.4 Å². The van der Waals surface area contributed by atoms with Gasteiger partial charge in [-0.1, -0.05) is 41.4 Å². The molecule has 2 aromatic rings. The van der Waals surface area contributed by atoms with Gasteiger partial charge in [-0.2, -0.15) is 8.78 Å². The van der Waals surface area contributed by atoms with Crippen LogP contribution in [0.15, 0.2) is 40.9 Å². The van der Waals surface area contributed by atoms with Gasteiger partial charge < -0.3 is 9.47 Å². The molecule has 0 fully saturated rings. The number of ether oxygens (including phenoxy) is 2. The van der Waals surface area contributed by atoms with Crippen LogP contribution >= 0.6 is 15.9 Å². The molecule has 0 unspecified atom stereocenters. The van der Waals surface area contributed by atoms with E-state index in [2.05, 4.69) is 15.9 Å². The van der Waals surface area contributed by atoms with E-state index in [1.807, 2.05) is 31.2 Å². The molecule has 0 amide bonds. The molecule has 0 aliphatic heterocycles. The molecule has 0 N–H and O–H groups in total. The van der Waals surface area contributed by atoms with Crippen LogP contribution in [-0.4, -0.2) is 6.61 Å². The van der Waals surface area contributed by atoms with Crippen LogP contribution in [0.4, 0.5) is 8.78 Å². The molecule has 118 valence electrons. The highest BCUT2D eigenvalue weighted by molar-refractivity contribution is 9.10. The maximum Gasteiger partial charge on any atom is 0.204 e. The van der Waals surface area contributed by atoms with E-state index < -0.39 is 11.6 Å². The highest BCUT2D eigenvalue weighted by Gasteiger charge is 2.15. The van der Waals surface area contributed by atoms with Crippen molar-refractivity contribution in [2.24, 2.45) is 0 Å². The Morgan fingerprint density at radius 2 is 1.50 bits per heavy atom. The maximum absolute atomic E-state index is 14.0. The number of benzene rings is 2. The zero-order valence-electron chi connectivity index (χ0n) is 12.2. The van der Waals surface area contributed by atoms with E-state index in [1.54, 1.807) is 0 Å². The molecule has 0 spiro atoms. The molecule has 0 aliphatic carbocycles. The van der Waals surface area contributed by atoms with Gasteiger partial charge in [0.15, 0.2) is 11.5 Å². The average Bonchev–Trinajstić information content (AvgIpc) is 2.52. The van der Waals surface area contributed by atoms with Crippen molar-refractivity contribution in [3.63, 3.8) is 0 Å². The van der Waals surface area contributed by atoms with Crippen molar-refractivity contribution in [3.05, 3.63) is 58.1 Å². The van der Waals surface area contributed by atoms with E-state index in [0.29, 0.717) is 6.61 Å². The van der Waals surface area contributed by atoms with Crippen LogP contribution < -0.4 is 9.47 Å². The lowest BCUT2D eigenvalue weighted by Crippen LogP contribution is -2.03. The second kappa shape index (κ2) is 8.13. The van der Waals surface area contributed by atoms with Crippen molar-refractivity contribution in [2.75, 3.05) is 6.61 Å². The van der Waals surface area contributed by atoms with E-state index >= 15 is 0 Å². The zero-order chi connectivity index (χ0) is 15.9. The summed E-state index contributed by atoms with van der Waals surface area (Å²) < 4.78 is 39.3. The van der Waals surface area contributed by atoms with Gasteiger partial charge in [0.25, 0.3) is 0 Å². The molecule has 0 saturated heterocycles. The fraction of sp³-hybridized carbons (Fsp3) is 0.294. The van der Waals surface area contributed by atoms with Gasteiger partial charge in [0.2, 0.25) is 11.6 Å². The number of rotatable bonds is 7. The quantitative estimate of drug-likeness (QED) is 0.600. The Balaban J connectivity index is 2.02. The Hall–Kier alpha value is -1.62. The lowest BCUT2D eigenvalue weighted by atomic mass is 10.2. The molecule has 5 heteroatoms. The molecule has 0 heterocycles. The van der Waals surface area contributed by atoms with Crippen LogP contribution in [0.1, 0.15) is 25.3 Å². The first-order chi connectivity index (χ1) is 10.6. The summed E-state index contributed by atoms with van der Waals surface area (Å²) in [7, 11) is 0. The monoisotopic (exact) mass is 370 g/mol. The Morgan fingerprint density at radius 1 is 0.909 bits per heavy atom. The number of unbranched alkanes of at least 4 members (excludes halogenated alkanes) is 1. The average molecular weight is 371 g/mol. The van der Waals surface area contributed by atoms with Gasteiger partial charge in [-0.25, -0.2) is 0 Å². The predicted molar refractivity (Wildman–Crippen MR) is 85.2 cm³/mol. The summed E-state index contributed by atoms with van der Waals surface area (Å²) in [5.74, 6) is -2.24. The smallest absolute Gasteiger partial charge is 0.204 e. The molecule has 0 aliphatic rings. The molecule has 0 bridgehead atoms. The molecule has 0 saturated carbocycles. The van der Waals surface area contributed by atoms with Gasteiger partial charge in [0.1, 0.15) is 6.61 Å². The van der Waals surface area contributed by atoms with Gasteiger partial charge in [-0.3, -0.25) is 0 Å². The third kappa shape index (κ3) is 4.44. The minimum absolute atomic E-state index is 0.0815. The minimum atomic E-state index is -1.02. The summed E-state index contributed by atoms with van der Waals surface area (Å²) in [6.45, 7) is 2.53. The standard InChI is InChI=1S/C17H17BrF2O2/c1-2-3-10-21-14-8-9-15(17(20)16(14)19)22-11-12-4-6-13(18)7-5-12/h4-9H,2-3,10-11H2,1H3. The van der Waals surface area contributed by atoms with Gasteiger partial charge in [0.05, 0.1) is 6.61 Å². The molecule has 2 aromatic carbocycles. The molecule has 0 atom stereocenters. The van der Waals surface area contributed by atoms with Crippen molar-refractivity contribution in [1.29, 1.82) is 0 Å². The maximum atomic E-state index is 14.0. The molecular formula is C17H17BrF2O2. The van der Waals surface area contributed by atoms with E-state index in [9.17, 15) is 8.78 Å². The van der Waals surface area contributed by atoms with E-state index in [0.717, 1.165) is 22.9 Å². The Kier molecular flexibility index (Phi) is 6.19. The molecule has 0 radical (unpaired) electrons. The van der Waals surface area contributed by atoms with Gasteiger partial charge >= 0.3 is 0 Å². The van der Waals surface area contributed by atoms with Crippen LogP contribution in [0, 0.1) is 11.6 Å². The molecular weight excluding hydrogens is 354 g/mol. The number of hydrogen-bond acceptors (Lipinski definition) is 2. The van der Waals surface area contributed by atoms with Gasteiger partial charge in [-0.15, -0.1) is 0 Å². The van der Waals surface area contributed by atoms with E-state index in [4.69, 9.17) is 9.47 Å². The summed E-state index contributed by atoms with van der Waals surface area (Å²) in [4.78, 5) is 0. The summed E-state index contributed by atoms with van der Waals surface area (Å²) in [6, 6.07) is 10.2. The Morgan fingerprint density at radius 3 is 2.09 bits per heavy atom. The van der Waals surface area contributed by atoms with Crippen LogP contribution in [0.2, 0.25) is 0 Å². The highest BCUT2D eigenvalue weighted by Crippen LogP contribution is 2.28.